The van der Waals surface area contributed by atoms with E-state index >= 15 is 0 Å². The molecule has 0 radical (unpaired) electrons. The van der Waals surface area contributed by atoms with E-state index in [-0.39, 0.29) is 21.1 Å². The molecule has 0 aliphatic rings. The van der Waals surface area contributed by atoms with Crippen LogP contribution in [0.4, 0.5) is 0 Å². The minimum Gasteiger partial charge on any atom is -0.545 e. The van der Waals surface area contributed by atoms with Crippen molar-refractivity contribution in [2.24, 2.45) is 0 Å². The maximum atomic E-state index is 9.41. The van der Waals surface area contributed by atoms with Crippen molar-refractivity contribution in [1.29, 1.82) is 0 Å². The summed E-state index contributed by atoms with van der Waals surface area (Å²) >= 11 is -0.182. The topological polar surface area (TPSA) is 80.3 Å². The quantitative estimate of drug-likeness (QED) is 0.527. The van der Waals surface area contributed by atoms with Crippen LogP contribution in [0.2, 0.25) is 6.86 Å². The molecule has 0 N–H and O–H groups in total. The number of hydrogen-bond acceptors (Lipinski definition) is 4. The zero-order valence-corrected chi connectivity index (χ0v) is 14.1. The van der Waals surface area contributed by atoms with E-state index in [9.17, 15) is 19.8 Å². The molecule has 0 fully saturated rings. The second-order valence-corrected chi connectivity index (χ2v) is 14.9. The van der Waals surface area contributed by atoms with E-state index in [0.29, 0.717) is 19.0 Å². The largest absolute Gasteiger partial charge is 0.545 e. The van der Waals surface area contributed by atoms with Crippen LogP contribution in [-0.2, 0) is 9.59 Å². The van der Waals surface area contributed by atoms with Crippen LogP contribution < -0.4 is 10.2 Å². The van der Waals surface area contributed by atoms with Gasteiger partial charge in [0.15, 0.2) is 0 Å². The first-order valence-corrected chi connectivity index (χ1v) is 8.08. The van der Waals surface area contributed by atoms with Gasteiger partial charge in [-0.05, 0) is 12.2 Å². The second kappa shape index (κ2) is 7.74. The smallest absolute Gasteiger partial charge is 0.0643 e. The van der Waals surface area contributed by atoms with Gasteiger partial charge in [-0.25, -0.2) is 0 Å². The van der Waals surface area contributed by atoms with E-state index in [0.717, 1.165) is 0 Å². The molecule has 0 atom stereocenters. The number of hydrogen-bond donors (Lipinski definition) is 0. The van der Waals surface area contributed by atoms with Crippen LogP contribution in [0.1, 0.15) is 41.5 Å². The molecule has 0 saturated carbocycles. The fourth-order valence-corrected chi connectivity index (χ4v) is 7.68. The SMILES string of the molecule is C[C](C)(C)[Sn+2][C](C)(C)C.O=C([O-])/C=C\C(=O)[O-]. The summed E-state index contributed by atoms with van der Waals surface area (Å²) in [5.74, 6) is -3.09. The van der Waals surface area contributed by atoms with Gasteiger partial charge < -0.3 is 19.8 Å². The molecule has 0 aromatic carbocycles. The van der Waals surface area contributed by atoms with Crippen molar-refractivity contribution < 1.29 is 19.8 Å². The van der Waals surface area contributed by atoms with Crippen LogP contribution >= 0.6 is 0 Å². The molecule has 0 saturated heterocycles. The normalized spacial score (nSPS) is 11.4. The average Bonchev–Trinajstić information content (AvgIpc) is 1.94. The molecule has 0 spiro atoms. The van der Waals surface area contributed by atoms with Crippen molar-refractivity contribution in [3.63, 3.8) is 0 Å². The molecule has 0 aromatic heterocycles. The zero-order chi connectivity index (χ0) is 14.3. The second-order valence-electron chi connectivity index (χ2n) is 5.60. The van der Waals surface area contributed by atoms with Gasteiger partial charge >= 0.3 is 69.5 Å². The van der Waals surface area contributed by atoms with Gasteiger partial charge in [0.1, 0.15) is 0 Å². The molecule has 17 heavy (non-hydrogen) atoms. The Morgan fingerprint density at radius 1 is 0.824 bits per heavy atom. The minimum absolute atomic E-state index is 0.182. The molecule has 0 unspecified atom stereocenters. The summed E-state index contributed by atoms with van der Waals surface area (Å²) in [6, 6.07) is 0. The van der Waals surface area contributed by atoms with Crippen LogP contribution in [0.15, 0.2) is 12.2 Å². The van der Waals surface area contributed by atoms with Crippen LogP contribution in [0, 0.1) is 0 Å². The maximum absolute atomic E-state index is 9.41. The average molecular weight is 347 g/mol. The Balaban J connectivity index is 0. The molecule has 5 heteroatoms. The van der Waals surface area contributed by atoms with Crippen LogP contribution in [-0.4, -0.2) is 33.1 Å². The van der Waals surface area contributed by atoms with E-state index in [1.54, 1.807) is 0 Å². The first-order chi connectivity index (χ1) is 7.33. The van der Waals surface area contributed by atoms with Crippen molar-refractivity contribution in [1.82, 2.24) is 0 Å². The van der Waals surface area contributed by atoms with E-state index in [4.69, 9.17) is 0 Å². The number of rotatable bonds is 2. The molecule has 0 heterocycles. The zero-order valence-electron chi connectivity index (χ0n) is 11.3. The third-order valence-corrected chi connectivity index (χ3v) is 5.39. The summed E-state index contributed by atoms with van der Waals surface area (Å²) in [4.78, 5) is 18.8. The van der Waals surface area contributed by atoms with Gasteiger partial charge in [-0.3, -0.25) is 0 Å². The fraction of sp³-hybridized carbons (Fsp3) is 0.667. The Hall–Kier alpha value is -0.521. The summed E-state index contributed by atoms with van der Waals surface area (Å²) in [6.07, 6.45) is 0.769. The number of carbonyl (C=O) groups is 2. The van der Waals surface area contributed by atoms with Crippen molar-refractivity contribution in [2.75, 3.05) is 0 Å². The predicted molar refractivity (Wildman–Crippen MR) is 64.3 cm³/mol. The summed E-state index contributed by atoms with van der Waals surface area (Å²) in [5, 5.41) is 18.8. The number of carboxylic acid groups (broad SMARTS) is 2. The molecular formula is C12H20O4Sn. The Labute approximate surface area is 113 Å². The molecular weight excluding hydrogens is 327 g/mol. The first-order valence-electron chi connectivity index (χ1n) is 5.23. The van der Waals surface area contributed by atoms with Gasteiger partial charge in [-0.15, -0.1) is 0 Å². The van der Waals surface area contributed by atoms with Gasteiger partial charge in [0.25, 0.3) is 0 Å². The van der Waals surface area contributed by atoms with Crippen molar-refractivity contribution >= 4 is 33.1 Å². The molecule has 0 aromatic rings. The molecule has 4 nitrogen and oxygen atoms in total. The Morgan fingerprint density at radius 3 is 1.12 bits per heavy atom. The van der Waals surface area contributed by atoms with Crippen LogP contribution in [0.3, 0.4) is 0 Å². The van der Waals surface area contributed by atoms with Gasteiger partial charge in [0.05, 0.1) is 11.9 Å². The first kappa shape index (κ1) is 18.8. The van der Waals surface area contributed by atoms with Crippen LogP contribution in [0.25, 0.3) is 0 Å². The minimum atomic E-state index is -1.55. The van der Waals surface area contributed by atoms with E-state index in [1.807, 2.05) is 0 Å². The number of aliphatic carboxylic acids is 2. The summed E-state index contributed by atoms with van der Waals surface area (Å²) in [5.41, 5.74) is 0. The Kier molecular flexibility index (Phi) is 8.57. The molecule has 96 valence electrons. The monoisotopic (exact) mass is 348 g/mol. The summed E-state index contributed by atoms with van der Waals surface area (Å²) in [6.45, 7) is 14.2. The van der Waals surface area contributed by atoms with Gasteiger partial charge in [-0.1, -0.05) is 0 Å². The molecule has 0 bridgehead atoms. The van der Waals surface area contributed by atoms with Gasteiger partial charge in [0.2, 0.25) is 0 Å². The Bertz CT molecular complexity index is 254. The fourth-order valence-electron chi connectivity index (χ4n) is 1.26. The van der Waals surface area contributed by atoms with Crippen molar-refractivity contribution in [3.8, 4) is 0 Å². The van der Waals surface area contributed by atoms with E-state index in [1.165, 1.54) is 0 Å². The van der Waals surface area contributed by atoms with Gasteiger partial charge in [-0.2, -0.15) is 0 Å². The van der Waals surface area contributed by atoms with Crippen molar-refractivity contribution in [3.05, 3.63) is 12.2 Å². The molecule has 0 aliphatic carbocycles. The van der Waals surface area contributed by atoms with Crippen molar-refractivity contribution in [2.45, 2.75) is 48.4 Å². The Morgan fingerprint density at radius 2 is 1.06 bits per heavy atom. The van der Waals surface area contributed by atoms with E-state index < -0.39 is 11.9 Å². The third kappa shape index (κ3) is 25.6. The third-order valence-electron chi connectivity index (χ3n) is 1.11. The maximum Gasteiger partial charge on any atom is 0.0643 e. The molecule has 0 aliphatic heterocycles. The van der Waals surface area contributed by atoms with Crippen LogP contribution in [0.5, 0.6) is 0 Å². The number of carboxylic acids is 2. The summed E-state index contributed by atoms with van der Waals surface area (Å²) in [7, 11) is 0. The van der Waals surface area contributed by atoms with Gasteiger partial charge in [0, 0.05) is 0 Å². The van der Waals surface area contributed by atoms with E-state index in [2.05, 4.69) is 41.5 Å². The predicted octanol–water partition coefficient (Wildman–Crippen LogP) is 0.170. The number of carbonyl (C=O) groups excluding carboxylic acids is 2. The molecule has 0 amide bonds. The summed E-state index contributed by atoms with van der Waals surface area (Å²) < 4.78 is 1.31. The standard InChI is InChI=1S/C4H4O4.2C4H9.Sn/c5-3(6)1-2-4(7)8;2*1-4(2)3;/h1-2H,(H,5,6)(H,7,8);2*1-3H3;/q;;;+2/p-2/b2-1-;;;. The molecule has 0 rings (SSSR count).